The van der Waals surface area contributed by atoms with E-state index in [0.29, 0.717) is 0 Å². The smallest absolute Gasteiger partial charge is 0.0881 e. The maximum atomic E-state index is 2.43. The molecule has 0 amide bonds. The second-order valence-electron chi connectivity index (χ2n) is 4.64. The van der Waals surface area contributed by atoms with Gasteiger partial charge in [0.15, 0.2) is 0 Å². The van der Waals surface area contributed by atoms with E-state index in [0.717, 1.165) is 18.0 Å². The Bertz CT molecular complexity index is 149. The van der Waals surface area contributed by atoms with Crippen LogP contribution in [-0.4, -0.2) is 18.6 Å². The van der Waals surface area contributed by atoms with Crippen LogP contribution in [0.4, 0.5) is 0 Å². The van der Waals surface area contributed by atoms with Gasteiger partial charge in [0.1, 0.15) is 0 Å². The normalized spacial score (nSPS) is 46.5. The van der Waals surface area contributed by atoms with Crippen LogP contribution in [0.3, 0.4) is 0 Å². The zero-order chi connectivity index (χ0) is 7.84. The Kier molecular flexibility index (Phi) is 3.42. The second-order valence-corrected chi connectivity index (χ2v) is 4.64. The zero-order valence-corrected chi connectivity index (χ0v) is 8.90. The molecule has 0 aromatic heterocycles. The van der Waals surface area contributed by atoms with E-state index in [1.54, 1.807) is 0 Å². The molecule has 0 aromatic rings. The first-order valence-corrected chi connectivity index (χ1v) is 5.13. The summed E-state index contributed by atoms with van der Waals surface area (Å²) in [5, 5.41) is 0. The van der Waals surface area contributed by atoms with Gasteiger partial charge in [-0.1, -0.05) is 6.92 Å². The minimum Gasteiger partial charge on any atom is -1.00 e. The molecular weight excluding hydrogens is 170 g/mol. The molecular formula is C10H20ClN. The summed E-state index contributed by atoms with van der Waals surface area (Å²) >= 11 is 0. The fraction of sp³-hybridized carbons (Fsp3) is 1.00. The first-order chi connectivity index (χ1) is 5.27. The molecule has 2 aliphatic rings. The van der Waals surface area contributed by atoms with E-state index in [1.165, 1.54) is 32.2 Å². The van der Waals surface area contributed by atoms with Gasteiger partial charge in [-0.05, 0) is 12.8 Å². The monoisotopic (exact) mass is 189 g/mol. The molecule has 2 fully saturated rings. The lowest BCUT2D eigenvalue weighted by molar-refractivity contribution is -0.942. The maximum Gasteiger partial charge on any atom is 0.0881 e. The van der Waals surface area contributed by atoms with Crippen molar-refractivity contribution in [3.05, 3.63) is 0 Å². The molecule has 0 aromatic carbocycles. The minimum absolute atomic E-state index is 0. The Labute approximate surface area is 81.9 Å². The number of nitrogens with one attached hydrogen (secondary N) is 1. The van der Waals surface area contributed by atoms with E-state index in [2.05, 4.69) is 13.8 Å². The van der Waals surface area contributed by atoms with Crippen molar-refractivity contribution < 1.29 is 17.3 Å². The molecule has 0 aliphatic carbocycles. The number of hydrogen-bond acceptors (Lipinski definition) is 0. The van der Waals surface area contributed by atoms with Crippen molar-refractivity contribution in [2.75, 3.05) is 6.54 Å². The van der Waals surface area contributed by atoms with Crippen molar-refractivity contribution in [3.63, 3.8) is 0 Å². The molecule has 1 unspecified atom stereocenters. The molecule has 0 bridgehead atoms. The van der Waals surface area contributed by atoms with Crippen molar-refractivity contribution in [1.82, 2.24) is 0 Å². The lowest BCUT2D eigenvalue weighted by Crippen LogP contribution is -3.18. The fourth-order valence-corrected chi connectivity index (χ4v) is 3.20. The largest absolute Gasteiger partial charge is 1.00 e. The molecule has 1 N–H and O–H groups in total. The SMILES string of the molecule is C[C@@H]1C[C@@H]2CCC[NH+]2[C@H](C)C1.[Cl-]. The molecule has 0 radical (unpaired) electrons. The maximum absolute atomic E-state index is 2.43. The number of quaternary nitrogens is 1. The second kappa shape index (κ2) is 3.97. The summed E-state index contributed by atoms with van der Waals surface area (Å²) in [6.07, 6.45) is 5.95. The van der Waals surface area contributed by atoms with Crippen LogP contribution in [0.1, 0.15) is 39.5 Å². The molecule has 4 atom stereocenters. The highest BCUT2D eigenvalue weighted by Gasteiger charge is 2.37. The van der Waals surface area contributed by atoms with Crippen LogP contribution in [0.5, 0.6) is 0 Å². The Hall–Kier alpha value is 0.250. The van der Waals surface area contributed by atoms with Gasteiger partial charge in [0, 0.05) is 25.7 Å². The van der Waals surface area contributed by atoms with Gasteiger partial charge in [-0.2, -0.15) is 0 Å². The Morgan fingerprint density at radius 2 is 1.92 bits per heavy atom. The number of fused-ring (bicyclic) bond motifs is 1. The van der Waals surface area contributed by atoms with Gasteiger partial charge in [-0.3, -0.25) is 0 Å². The van der Waals surface area contributed by atoms with Gasteiger partial charge in [-0.15, -0.1) is 0 Å². The van der Waals surface area contributed by atoms with Gasteiger partial charge in [0.05, 0.1) is 18.6 Å². The molecule has 2 rings (SSSR count). The van der Waals surface area contributed by atoms with Crippen molar-refractivity contribution in [3.8, 4) is 0 Å². The van der Waals surface area contributed by atoms with Crippen LogP contribution in [0, 0.1) is 5.92 Å². The van der Waals surface area contributed by atoms with Gasteiger partial charge < -0.3 is 17.3 Å². The highest BCUT2D eigenvalue weighted by atomic mass is 35.5. The average Bonchev–Trinajstić information content (AvgIpc) is 2.34. The summed E-state index contributed by atoms with van der Waals surface area (Å²) in [5.74, 6) is 0.997. The lowest BCUT2D eigenvalue weighted by atomic mass is 9.89. The molecule has 2 saturated heterocycles. The topological polar surface area (TPSA) is 4.44 Å². The summed E-state index contributed by atoms with van der Waals surface area (Å²) in [5.41, 5.74) is 0. The summed E-state index contributed by atoms with van der Waals surface area (Å²) in [6.45, 7) is 6.31. The Morgan fingerprint density at radius 3 is 2.67 bits per heavy atom. The van der Waals surface area contributed by atoms with Crippen LogP contribution in [-0.2, 0) is 0 Å². The molecule has 2 heteroatoms. The number of rotatable bonds is 0. The third kappa shape index (κ3) is 1.77. The minimum atomic E-state index is 0. The van der Waals surface area contributed by atoms with Crippen LogP contribution in [0.15, 0.2) is 0 Å². The van der Waals surface area contributed by atoms with E-state index in [-0.39, 0.29) is 12.4 Å². The number of piperidine rings is 1. The molecule has 2 aliphatic heterocycles. The third-order valence-corrected chi connectivity index (χ3v) is 3.62. The zero-order valence-electron chi connectivity index (χ0n) is 8.15. The van der Waals surface area contributed by atoms with Gasteiger partial charge >= 0.3 is 0 Å². The van der Waals surface area contributed by atoms with Crippen LogP contribution in [0.2, 0.25) is 0 Å². The summed E-state index contributed by atoms with van der Waals surface area (Å²) in [7, 11) is 0. The molecule has 1 nitrogen and oxygen atoms in total. The fourth-order valence-electron chi connectivity index (χ4n) is 3.20. The van der Waals surface area contributed by atoms with E-state index in [9.17, 15) is 0 Å². The first kappa shape index (κ1) is 10.3. The van der Waals surface area contributed by atoms with Crippen LogP contribution >= 0.6 is 0 Å². The first-order valence-electron chi connectivity index (χ1n) is 5.13. The van der Waals surface area contributed by atoms with Gasteiger partial charge in [-0.25, -0.2) is 0 Å². The molecule has 2 heterocycles. The third-order valence-electron chi connectivity index (χ3n) is 3.62. The molecule has 0 spiro atoms. The Morgan fingerprint density at radius 1 is 1.17 bits per heavy atom. The highest BCUT2D eigenvalue weighted by Crippen LogP contribution is 2.20. The quantitative estimate of drug-likeness (QED) is 0.444. The summed E-state index contributed by atoms with van der Waals surface area (Å²) < 4.78 is 0. The summed E-state index contributed by atoms with van der Waals surface area (Å²) in [6, 6.07) is 1.99. The van der Waals surface area contributed by atoms with E-state index < -0.39 is 0 Å². The van der Waals surface area contributed by atoms with Crippen molar-refractivity contribution >= 4 is 0 Å². The standard InChI is InChI=1S/C10H19N.ClH/c1-8-6-9(2)11-5-3-4-10(11)7-8;/h8-10H,3-7H2,1-2H3;1H/t8-,9+,10-;/m0./s1. The van der Waals surface area contributed by atoms with Crippen LogP contribution < -0.4 is 17.3 Å². The lowest BCUT2D eigenvalue weighted by Gasteiger charge is -2.35. The molecule has 72 valence electrons. The summed E-state index contributed by atoms with van der Waals surface area (Å²) in [4.78, 5) is 1.92. The van der Waals surface area contributed by atoms with Crippen molar-refractivity contribution in [1.29, 1.82) is 0 Å². The van der Waals surface area contributed by atoms with Crippen LogP contribution in [0.25, 0.3) is 0 Å². The van der Waals surface area contributed by atoms with E-state index in [1.807, 2.05) is 4.90 Å². The van der Waals surface area contributed by atoms with E-state index >= 15 is 0 Å². The van der Waals surface area contributed by atoms with Crippen molar-refractivity contribution in [2.45, 2.75) is 51.6 Å². The van der Waals surface area contributed by atoms with Gasteiger partial charge in [0.25, 0.3) is 0 Å². The number of halogens is 1. The van der Waals surface area contributed by atoms with Crippen molar-refractivity contribution in [2.24, 2.45) is 5.92 Å². The predicted molar refractivity (Wildman–Crippen MR) is 46.7 cm³/mol. The van der Waals surface area contributed by atoms with Gasteiger partial charge in [0.2, 0.25) is 0 Å². The predicted octanol–water partition coefficient (Wildman–Crippen LogP) is -2.14. The molecule has 12 heavy (non-hydrogen) atoms. The van der Waals surface area contributed by atoms with E-state index in [4.69, 9.17) is 0 Å². The Balaban J connectivity index is 0.000000720. The highest BCUT2D eigenvalue weighted by molar-refractivity contribution is 4.74. The number of hydrogen-bond donors (Lipinski definition) is 1. The average molecular weight is 190 g/mol. The molecule has 0 saturated carbocycles.